The van der Waals surface area contributed by atoms with Gasteiger partial charge in [0, 0.05) is 16.2 Å². The number of carbonyl (C=O) groups is 1. The van der Waals surface area contributed by atoms with Gasteiger partial charge in [-0.2, -0.15) is 0 Å². The van der Waals surface area contributed by atoms with Crippen molar-refractivity contribution >= 4 is 44.8 Å². The number of anilines is 2. The Morgan fingerprint density at radius 2 is 2.16 bits per heavy atom. The van der Waals surface area contributed by atoms with E-state index in [9.17, 15) is 9.90 Å². The molecule has 2 rings (SSSR count). The molecule has 1 aromatic carbocycles. The van der Waals surface area contributed by atoms with Gasteiger partial charge in [0.1, 0.15) is 5.75 Å². The van der Waals surface area contributed by atoms with E-state index in [-0.39, 0.29) is 22.2 Å². The van der Waals surface area contributed by atoms with Gasteiger partial charge in [-0.1, -0.05) is 11.6 Å². The Kier molecular flexibility index (Phi) is 3.92. The van der Waals surface area contributed by atoms with Gasteiger partial charge in [-0.3, -0.25) is 4.79 Å². The van der Waals surface area contributed by atoms with Gasteiger partial charge in [-0.05, 0) is 40.2 Å². The van der Waals surface area contributed by atoms with Crippen LogP contribution in [0.3, 0.4) is 0 Å². The molecular formula is C12H9BrClN3O2. The predicted molar refractivity (Wildman–Crippen MR) is 77.4 cm³/mol. The molecule has 0 aliphatic rings. The van der Waals surface area contributed by atoms with Crippen LogP contribution in [0.4, 0.5) is 11.4 Å². The third-order valence-corrected chi connectivity index (χ3v) is 3.08. The fourth-order valence-corrected chi connectivity index (χ4v) is 1.87. The van der Waals surface area contributed by atoms with E-state index in [0.29, 0.717) is 10.2 Å². The van der Waals surface area contributed by atoms with Crippen LogP contribution in [0, 0.1) is 0 Å². The molecule has 1 heterocycles. The first-order valence-corrected chi connectivity index (χ1v) is 6.35. The number of nitrogens with zero attached hydrogens (tertiary/aromatic N) is 1. The number of amides is 1. The van der Waals surface area contributed by atoms with Gasteiger partial charge in [0.25, 0.3) is 5.91 Å². The highest BCUT2D eigenvalue weighted by molar-refractivity contribution is 9.10. The van der Waals surface area contributed by atoms with Crippen molar-refractivity contribution in [2.75, 3.05) is 11.1 Å². The standard InChI is InChI=1S/C12H9BrClN3O2/c13-7-4-9(11(14)16-5-7)17-12(19)6-1-2-8(15)10(18)3-6/h1-5,18H,15H2,(H,17,19). The number of hydrogen-bond donors (Lipinski definition) is 3. The van der Waals surface area contributed by atoms with E-state index in [2.05, 4.69) is 26.2 Å². The molecule has 0 aliphatic heterocycles. The molecule has 1 amide bonds. The van der Waals surface area contributed by atoms with E-state index in [1.807, 2.05) is 0 Å². The predicted octanol–water partition coefficient (Wildman–Crippen LogP) is 3.04. The number of phenolic OH excluding ortho intramolecular Hbond substituents is 1. The first kappa shape index (κ1) is 13.6. The van der Waals surface area contributed by atoms with Gasteiger partial charge in [-0.15, -0.1) is 0 Å². The highest BCUT2D eigenvalue weighted by atomic mass is 79.9. The zero-order valence-corrected chi connectivity index (χ0v) is 11.9. The monoisotopic (exact) mass is 341 g/mol. The molecule has 1 aromatic heterocycles. The average molecular weight is 343 g/mol. The van der Waals surface area contributed by atoms with Crippen LogP contribution >= 0.6 is 27.5 Å². The minimum Gasteiger partial charge on any atom is -0.506 e. The summed E-state index contributed by atoms with van der Waals surface area (Å²) in [6, 6.07) is 5.86. The molecule has 0 saturated carbocycles. The van der Waals surface area contributed by atoms with Crippen molar-refractivity contribution in [2.24, 2.45) is 0 Å². The molecule has 98 valence electrons. The van der Waals surface area contributed by atoms with Gasteiger partial charge in [-0.25, -0.2) is 4.98 Å². The van der Waals surface area contributed by atoms with Crippen molar-refractivity contribution in [3.63, 3.8) is 0 Å². The molecule has 4 N–H and O–H groups in total. The van der Waals surface area contributed by atoms with E-state index in [1.165, 1.54) is 24.4 Å². The number of aromatic hydroxyl groups is 1. The fraction of sp³-hybridized carbons (Fsp3) is 0. The molecule has 0 saturated heterocycles. The number of nitrogens with two attached hydrogens (primary N) is 1. The summed E-state index contributed by atoms with van der Waals surface area (Å²) in [4.78, 5) is 15.9. The number of hydrogen-bond acceptors (Lipinski definition) is 4. The number of phenols is 1. The number of nitrogen functional groups attached to an aromatic ring is 1. The van der Waals surface area contributed by atoms with Crippen molar-refractivity contribution in [1.29, 1.82) is 0 Å². The van der Waals surface area contributed by atoms with E-state index < -0.39 is 5.91 Å². The Balaban J connectivity index is 2.25. The number of halogens is 2. The van der Waals surface area contributed by atoms with Crippen LogP contribution in [-0.4, -0.2) is 16.0 Å². The summed E-state index contributed by atoms with van der Waals surface area (Å²) in [5.74, 6) is -0.566. The van der Waals surface area contributed by atoms with Crippen LogP contribution in [0.15, 0.2) is 34.9 Å². The van der Waals surface area contributed by atoms with Gasteiger partial charge in [0.05, 0.1) is 11.4 Å². The molecule has 0 atom stereocenters. The van der Waals surface area contributed by atoms with Gasteiger partial charge in [0.2, 0.25) is 0 Å². The van der Waals surface area contributed by atoms with Crippen LogP contribution in [0.2, 0.25) is 5.15 Å². The molecule has 0 radical (unpaired) electrons. The summed E-state index contributed by atoms with van der Waals surface area (Å²) in [6.07, 6.45) is 1.52. The number of carbonyl (C=O) groups excluding carboxylic acids is 1. The van der Waals surface area contributed by atoms with Crippen LogP contribution in [-0.2, 0) is 0 Å². The number of pyridine rings is 1. The minimum atomic E-state index is -0.419. The lowest BCUT2D eigenvalue weighted by Crippen LogP contribution is -2.12. The van der Waals surface area contributed by atoms with Crippen molar-refractivity contribution in [3.8, 4) is 5.75 Å². The molecule has 5 nitrogen and oxygen atoms in total. The van der Waals surface area contributed by atoms with Gasteiger partial charge >= 0.3 is 0 Å². The molecule has 2 aromatic rings. The summed E-state index contributed by atoms with van der Waals surface area (Å²) in [5.41, 5.74) is 6.31. The van der Waals surface area contributed by atoms with Crippen molar-refractivity contribution in [2.45, 2.75) is 0 Å². The van der Waals surface area contributed by atoms with E-state index in [1.54, 1.807) is 6.07 Å². The number of benzene rings is 1. The highest BCUT2D eigenvalue weighted by Gasteiger charge is 2.11. The van der Waals surface area contributed by atoms with E-state index in [4.69, 9.17) is 17.3 Å². The quantitative estimate of drug-likeness (QED) is 0.445. The van der Waals surface area contributed by atoms with Crippen molar-refractivity contribution in [3.05, 3.63) is 45.7 Å². The average Bonchev–Trinajstić information content (AvgIpc) is 2.37. The maximum Gasteiger partial charge on any atom is 0.255 e. The maximum atomic E-state index is 12.0. The molecule has 0 aliphatic carbocycles. The Morgan fingerprint density at radius 1 is 1.42 bits per heavy atom. The molecule has 19 heavy (non-hydrogen) atoms. The van der Waals surface area contributed by atoms with Gasteiger partial charge < -0.3 is 16.2 Å². The molecule has 7 heteroatoms. The van der Waals surface area contributed by atoms with E-state index >= 15 is 0 Å². The zero-order valence-electron chi connectivity index (χ0n) is 9.52. The minimum absolute atomic E-state index is 0.147. The van der Waals surface area contributed by atoms with E-state index in [0.717, 1.165) is 0 Å². The Labute approximate surface area is 122 Å². The zero-order chi connectivity index (χ0) is 14.0. The summed E-state index contributed by atoms with van der Waals surface area (Å²) in [5, 5.41) is 12.2. The lowest BCUT2D eigenvalue weighted by molar-refractivity contribution is 0.102. The molecule has 0 unspecified atom stereocenters. The van der Waals surface area contributed by atoms with Crippen LogP contribution < -0.4 is 11.1 Å². The third-order valence-electron chi connectivity index (χ3n) is 2.35. The Bertz CT molecular complexity index is 649. The van der Waals surface area contributed by atoms with Crippen LogP contribution in [0.25, 0.3) is 0 Å². The second kappa shape index (κ2) is 5.46. The molecule has 0 fully saturated rings. The van der Waals surface area contributed by atoms with Crippen LogP contribution in [0.1, 0.15) is 10.4 Å². The Hall–Kier alpha value is -1.79. The summed E-state index contributed by atoms with van der Waals surface area (Å²) < 4.78 is 0.687. The Morgan fingerprint density at radius 3 is 2.84 bits per heavy atom. The second-order valence-electron chi connectivity index (χ2n) is 3.72. The second-order valence-corrected chi connectivity index (χ2v) is 4.99. The number of aromatic nitrogens is 1. The lowest BCUT2D eigenvalue weighted by atomic mass is 10.2. The van der Waals surface area contributed by atoms with Crippen molar-refractivity contribution < 1.29 is 9.90 Å². The number of rotatable bonds is 2. The third kappa shape index (κ3) is 3.15. The number of nitrogens with one attached hydrogen (secondary N) is 1. The SMILES string of the molecule is Nc1ccc(C(=O)Nc2cc(Br)cnc2Cl)cc1O. The molecular weight excluding hydrogens is 334 g/mol. The summed E-state index contributed by atoms with van der Waals surface area (Å²) in [7, 11) is 0. The lowest BCUT2D eigenvalue weighted by Gasteiger charge is -2.08. The largest absolute Gasteiger partial charge is 0.506 e. The molecule has 0 bridgehead atoms. The smallest absolute Gasteiger partial charge is 0.255 e. The first-order valence-electron chi connectivity index (χ1n) is 5.18. The summed E-state index contributed by atoms with van der Waals surface area (Å²) >= 11 is 9.10. The molecule has 0 spiro atoms. The first-order chi connectivity index (χ1) is 8.97. The topological polar surface area (TPSA) is 88.2 Å². The normalized spacial score (nSPS) is 10.2. The highest BCUT2D eigenvalue weighted by Crippen LogP contribution is 2.25. The van der Waals surface area contributed by atoms with Crippen LogP contribution in [0.5, 0.6) is 5.75 Å². The van der Waals surface area contributed by atoms with Gasteiger partial charge in [0.15, 0.2) is 5.15 Å². The fourth-order valence-electron chi connectivity index (χ4n) is 1.39. The summed E-state index contributed by atoms with van der Waals surface area (Å²) in [6.45, 7) is 0. The van der Waals surface area contributed by atoms with Crippen molar-refractivity contribution in [1.82, 2.24) is 4.98 Å². The maximum absolute atomic E-state index is 12.0.